The molecule has 29 heavy (non-hydrogen) atoms. The van der Waals surface area contributed by atoms with E-state index in [0.29, 0.717) is 49.8 Å². The number of amides is 2. The zero-order valence-corrected chi connectivity index (χ0v) is 17.5. The number of hydrazone groups is 1. The Labute approximate surface area is 175 Å². The normalized spacial score (nSPS) is 24.6. The summed E-state index contributed by atoms with van der Waals surface area (Å²) in [6.07, 6.45) is 0.850. The second-order valence-electron chi connectivity index (χ2n) is 7.60. The fourth-order valence-electron chi connectivity index (χ4n) is 4.00. The van der Waals surface area contributed by atoms with Gasteiger partial charge in [0.25, 0.3) is 5.91 Å². The minimum Gasteiger partial charge on any atom is -0.368 e. The first kappa shape index (κ1) is 20.2. The maximum atomic E-state index is 12.9. The van der Waals surface area contributed by atoms with Crippen molar-refractivity contribution < 1.29 is 18.0 Å². The fourth-order valence-corrected chi connectivity index (χ4v) is 5.88. The van der Waals surface area contributed by atoms with Crippen LogP contribution < -0.4 is 4.90 Å². The number of benzene rings is 1. The molecule has 3 heterocycles. The van der Waals surface area contributed by atoms with Crippen LogP contribution in [0.1, 0.15) is 19.3 Å². The summed E-state index contributed by atoms with van der Waals surface area (Å²) < 4.78 is 23.5. The molecule has 1 aromatic rings. The monoisotopic (exact) mass is 438 g/mol. The van der Waals surface area contributed by atoms with Crippen molar-refractivity contribution in [3.63, 3.8) is 0 Å². The molecule has 0 unspecified atom stereocenters. The van der Waals surface area contributed by atoms with Gasteiger partial charge < -0.3 is 9.80 Å². The van der Waals surface area contributed by atoms with E-state index in [1.807, 2.05) is 24.3 Å². The van der Waals surface area contributed by atoms with E-state index in [4.69, 9.17) is 11.6 Å². The predicted molar refractivity (Wildman–Crippen MR) is 111 cm³/mol. The second-order valence-corrected chi connectivity index (χ2v) is 10.3. The van der Waals surface area contributed by atoms with Gasteiger partial charge in [-0.05, 0) is 24.6 Å². The van der Waals surface area contributed by atoms with E-state index in [-0.39, 0.29) is 29.7 Å². The zero-order chi connectivity index (χ0) is 20.6. The molecule has 156 valence electrons. The molecule has 0 bridgehead atoms. The van der Waals surface area contributed by atoms with Crippen molar-refractivity contribution in [2.45, 2.75) is 25.3 Å². The molecule has 0 radical (unpaired) electrons. The molecule has 4 rings (SSSR count). The molecule has 3 aliphatic rings. The number of anilines is 1. The summed E-state index contributed by atoms with van der Waals surface area (Å²) in [7, 11) is -3.14. The standard InChI is InChI=1S/C19H23ClN4O4S/c20-14-2-1-3-15(12-14)22-7-9-23(10-8-22)19(26)17-4-5-18(25)24(21-17)16-6-11-29(27,28)13-16/h1-3,12,16H,4-11,13H2/t16-/m0/s1. The van der Waals surface area contributed by atoms with E-state index in [1.165, 1.54) is 5.01 Å². The van der Waals surface area contributed by atoms with Gasteiger partial charge in [-0.15, -0.1) is 0 Å². The molecular formula is C19H23ClN4O4S. The van der Waals surface area contributed by atoms with Crippen molar-refractivity contribution >= 4 is 44.7 Å². The van der Waals surface area contributed by atoms with Crippen LogP contribution >= 0.6 is 11.6 Å². The topological polar surface area (TPSA) is 90.4 Å². The van der Waals surface area contributed by atoms with Crippen LogP contribution in [0.2, 0.25) is 5.02 Å². The Kier molecular flexibility index (Phi) is 5.52. The highest BCUT2D eigenvalue weighted by atomic mass is 35.5. The molecule has 0 aliphatic carbocycles. The first-order valence-corrected chi connectivity index (χ1v) is 11.9. The quantitative estimate of drug-likeness (QED) is 0.706. The zero-order valence-electron chi connectivity index (χ0n) is 16.0. The van der Waals surface area contributed by atoms with Gasteiger partial charge in [-0.25, -0.2) is 13.4 Å². The largest absolute Gasteiger partial charge is 0.368 e. The van der Waals surface area contributed by atoms with Gasteiger partial charge in [0.2, 0.25) is 5.91 Å². The molecule has 2 saturated heterocycles. The second kappa shape index (κ2) is 7.95. The van der Waals surface area contributed by atoms with Crippen LogP contribution in [-0.2, 0) is 19.4 Å². The number of rotatable bonds is 3. The van der Waals surface area contributed by atoms with Crippen LogP contribution in [0, 0.1) is 0 Å². The Balaban J connectivity index is 1.41. The molecule has 0 N–H and O–H groups in total. The lowest BCUT2D eigenvalue weighted by atomic mass is 10.1. The van der Waals surface area contributed by atoms with Gasteiger partial charge >= 0.3 is 0 Å². The third-order valence-corrected chi connectivity index (χ3v) is 7.59. The lowest BCUT2D eigenvalue weighted by Gasteiger charge is -2.37. The number of hydrogen-bond acceptors (Lipinski definition) is 6. The SMILES string of the molecule is O=C(C1=NN([C@H]2CCS(=O)(=O)C2)C(=O)CC1)N1CCN(c2cccc(Cl)c2)CC1. The summed E-state index contributed by atoms with van der Waals surface area (Å²) in [4.78, 5) is 29.1. The van der Waals surface area contributed by atoms with E-state index in [9.17, 15) is 18.0 Å². The van der Waals surface area contributed by atoms with Gasteiger partial charge in [-0.1, -0.05) is 17.7 Å². The molecule has 8 nitrogen and oxygen atoms in total. The highest BCUT2D eigenvalue weighted by molar-refractivity contribution is 7.91. The van der Waals surface area contributed by atoms with Crippen molar-refractivity contribution in [1.82, 2.24) is 9.91 Å². The Morgan fingerprint density at radius 3 is 2.55 bits per heavy atom. The smallest absolute Gasteiger partial charge is 0.270 e. The molecule has 0 saturated carbocycles. The molecule has 0 aromatic heterocycles. The third-order valence-electron chi connectivity index (χ3n) is 5.60. The van der Waals surface area contributed by atoms with Crippen LogP contribution in [0.3, 0.4) is 0 Å². The van der Waals surface area contributed by atoms with Gasteiger partial charge in [0.1, 0.15) is 5.71 Å². The van der Waals surface area contributed by atoms with Crippen LogP contribution in [0.25, 0.3) is 0 Å². The highest BCUT2D eigenvalue weighted by Crippen LogP contribution is 2.24. The maximum absolute atomic E-state index is 12.9. The molecule has 0 spiro atoms. The minimum absolute atomic E-state index is 0.0612. The average Bonchev–Trinajstić information content (AvgIpc) is 3.07. The van der Waals surface area contributed by atoms with Crippen molar-refractivity contribution in [1.29, 1.82) is 0 Å². The summed E-state index contributed by atoms with van der Waals surface area (Å²) >= 11 is 6.06. The number of piperazine rings is 1. The predicted octanol–water partition coefficient (Wildman–Crippen LogP) is 1.15. The van der Waals surface area contributed by atoms with Gasteiger partial charge in [0, 0.05) is 49.7 Å². The maximum Gasteiger partial charge on any atom is 0.270 e. The lowest BCUT2D eigenvalue weighted by Crippen LogP contribution is -2.52. The van der Waals surface area contributed by atoms with Crippen LogP contribution in [0.4, 0.5) is 5.69 Å². The first-order chi connectivity index (χ1) is 13.8. The number of halogens is 1. The number of sulfone groups is 1. The van der Waals surface area contributed by atoms with Gasteiger partial charge in [-0.2, -0.15) is 5.10 Å². The van der Waals surface area contributed by atoms with E-state index in [1.54, 1.807) is 4.90 Å². The van der Waals surface area contributed by atoms with E-state index < -0.39 is 15.9 Å². The van der Waals surface area contributed by atoms with Crippen molar-refractivity contribution in [2.75, 3.05) is 42.6 Å². The van der Waals surface area contributed by atoms with E-state index in [2.05, 4.69) is 10.0 Å². The van der Waals surface area contributed by atoms with Gasteiger partial charge in [-0.3, -0.25) is 9.59 Å². The van der Waals surface area contributed by atoms with Gasteiger partial charge in [0.15, 0.2) is 9.84 Å². The Bertz CT molecular complexity index is 957. The average molecular weight is 439 g/mol. The van der Waals surface area contributed by atoms with Crippen molar-refractivity contribution in [2.24, 2.45) is 5.10 Å². The molecule has 2 amide bonds. The molecular weight excluding hydrogens is 416 g/mol. The highest BCUT2D eigenvalue weighted by Gasteiger charge is 2.38. The first-order valence-electron chi connectivity index (χ1n) is 9.72. The molecule has 10 heteroatoms. The Morgan fingerprint density at radius 1 is 1.14 bits per heavy atom. The Hall–Kier alpha value is -2.13. The number of hydrogen-bond donors (Lipinski definition) is 0. The third kappa shape index (κ3) is 4.40. The molecule has 2 fully saturated rings. The van der Waals surface area contributed by atoms with E-state index in [0.717, 1.165) is 5.69 Å². The number of carbonyl (C=O) groups excluding carboxylic acids is 2. The van der Waals surface area contributed by atoms with Crippen molar-refractivity contribution in [3.8, 4) is 0 Å². The van der Waals surface area contributed by atoms with Crippen LogP contribution in [-0.4, -0.2) is 79.6 Å². The fraction of sp³-hybridized carbons (Fsp3) is 0.526. The number of carbonyl (C=O) groups is 2. The summed E-state index contributed by atoms with van der Waals surface area (Å²) in [5, 5.41) is 6.20. The Morgan fingerprint density at radius 2 is 1.90 bits per heavy atom. The summed E-state index contributed by atoms with van der Waals surface area (Å²) in [5.74, 6) is -0.406. The molecule has 1 atom stereocenters. The lowest BCUT2D eigenvalue weighted by molar-refractivity contribution is -0.134. The number of nitrogens with zero attached hydrogens (tertiary/aromatic N) is 4. The minimum atomic E-state index is -3.14. The summed E-state index contributed by atoms with van der Waals surface area (Å²) in [6.45, 7) is 2.47. The van der Waals surface area contributed by atoms with Gasteiger partial charge in [0.05, 0.1) is 17.5 Å². The molecule has 3 aliphatic heterocycles. The van der Waals surface area contributed by atoms with Crippen LogP contribution in [0.5, 0.6) is 0 Å². The molecule has 1 aromatic carbocycles. The van der Waals surface area contributed by atoms with Crippen molar-refractivity contribution in [3.05, 3.63) is 29.3 Å². The van der Waals surface area contributed by atoms with Crippen LogP contribution in [0.15, 0.2) is 29.4 Å². The summed E-state index contributed by atoms with van der Waals surface area (Å²) in [6, 6.07) is 7.17. The summed E-state index contributed by atoms with van der Waals surface area (Å²) in [5.41, 5.74) is 1.36. The van der Waals surface area contributed by atoms with E-state index >= 15 is 0 Å².